The van der Waals surface area contributed by atoms with Gasteiger partial charge < -0.3 is 9.47 Å². The van der Waals surface area contributed by atoms with Gasteiger partial charge in [0, 0.05) is 0 Å². The number of fused-ring (bicyclic) bond motifs is 1. The molecule has 1 saturated heterocycles. The molecule has 1 aliphatic rings. The number of epoxide rings is 1. The van der Waals surface area contributed by atoms with Crippen molar-refractivity contribution in [1.82, 2.24) is 0 Å². The molecule has 1 fully saturated rings. The molecule has 1 aliphatic heterocycles. The lowest BCUT2D eigenvalue weighted by molar-refractivity contribution is -0.138. The topological polar surface area (TPSA) is 38.8 Å². The molecule has 0 bridgehead atoms. The Balaban J connectivity index is 1.02. The van der Waals surface area contributed by atoms with Crippen molar-refractivity contribution in [3.05, 3.63) is 113 Å². The van der Waals surface area contributed by atoms with Crippen LogP contribution in [0.1, 0.15) is 66.9 Å². The molecule has 40 heavy (non-hydrogen) atoms. The van der Waals surface area contributed by atoms with Gasteiger partial charge in [0.2, 0.25) is 0 Å². The lowest BCUT2D eigenvalue weighted by Gasteiger charge is -2.09. The molecule has 5 rings (SSSR count). The predicted octanol–water partition coefficient (Wildman–Crippen LogP) is 9.03. The smallest absolute Gasteiger partial charge is 0.416 e. The van der Waals surface area contributed by atoms with Crippen LogP contribution in [0.3, 0.4) is 0 Å². The standard InChI is InChI=1S/C34H33F3O3/c35-34(36,37)28-18-11-13-24(22-28)12-5-3-1-2-4-6-15-26-16-9-10-19-30(26)31-32(40-31)33(38)39-29-21-20-25-14-7-8-17-27(25)23-29/h7-11,13-14,16-23,31-32H,1-6,12,15H2/t31-,32+/m0/s1. The van der Waals surface area contributed by atoms with Crippen molar-refractivity contribution in [2.75, 3.05) is 0 Å². The first kappa shape index (κ1) is 27.9. The number of unbranched alkanes of at least 4 members (excludes halogenated alkanes) is 5. The third-order valence-corrected chi connectivity index (χ3v) is 7.44. The van der Waals surface area contributed by atoms with Crippen LogP contribution in [-0.4, -0.2) is 12.1 Å². The van der Waals surface area contributed by atoms with Crippen LogP contribution in [0.5, 0.6) is 5.75 Å². The molecular formula is C34H33F3O3. The first-order chi connectivity index (χ1) is 19.4. The molecule has 3 nitrogen and oxygen atoms in total. The minimum absolute atomic E-state index is 0.278. The van der Waals surface area contributed by atoms with Gasteiger partial charge in [0.1, 0.15) is 11.9 Å². The Bertz CT molecular complexity index is 1450. The second-order valence-electron chi connectivity index (χ2n) is 10.4. The molecule has 2 atom stereocenters. The van der Waals surface area contributed by atoms with Crippen LogP contribution in [0.4, 0.5) is 13.2 Å². The fourth-order valence-electron chi connectivity index (χ4n) is 5.23. The minimum Gasteiger partial charge on any atom is -0.425 e. The highest BCUT2D eigenvalue weighted by Gasteiger charge is 2.48. The van der Waals surface area contributed by atoms with Gasteiger partial charge in [-0.3, -0.25) is 0 Å². The predicted molar refractivity (Wildman–Crippen MR) is 150 cm³/mol. The van der Waals surface area contributed by atoms with Gasteiger partial charge in [-0.2, -0.15) is 13.2 Å². The van der Waals surface area contributed by atoms with Crippen molar-refractivity contribution in [2.45, 2.75) is 69.8 Å². The molecule has 208 valence electrons. The van der Waals surface area contributed by atoms with Crippen molar-refractivity contribution in [1.29, 1.82) is 0 Å². The third kappa shape index (κ3) is 7.30. The van der Waals surface area contributed by atoms with Crippen molar-refractivity contribution < 1.29 is 27.4 Å². The highest BCUT2D eigenvalue weighted by Crippen LogP contribution is 2.41. The van der Waals surface area contributed by atoms with E-state index in [1.54, 1.807) is 12.1 Å². The molecule has 0 unspecified atom stereocenters. The average Bonchev–Trinajstić information content (AvgIpc) is 3.75. The van der Waals surface area contributed by atoms with Gasteiger partial charge in [0.25, 0.3) is 0 Å². The molecule has 6 heteroatoms. The number of alkyl halides is 3. The average molecular weight is 547 g/mol. The molecular weight excluding hydrogens is 513 g/mol. The van der Waals surface area contributed by atoms with E-state index in [0.29, 0.717) is 12.2 Å². The number of halogens is 3. The second-order valence-corrected chi connectivity index (χ2v) is 10.4. The fourth-order valence-corrected chi connectivity index (χ4v) is 5.23. The number of rotatable bonds is 12. The van der Waals surface area contributed by atoms with E-state index in [9.17, 15) is 18.0 Å². The Labute approximate surface area is 232 Å². The van der Waals surface area contributed by atoms with Crippen molar-refractivity contribution >= 4 is 16.7 Å². The van der Waals surface area contributed by atoms with E-state index in [2.05, 4.69) is 6.07 Å². The Morgan fingerprint density at radius 2 is 1.43 bits per heavy atom. The van der Waals surface area contributed by atoms with Gasteiger partial charge in [-0.1, -0.05) is 98.5 Å². The molecule has 0 aromatic heterocycles. The fraction of sp³-hybridized carbons (Fsp3) is 0.324. The molecule has 4 aromatic rings. The minimum atomic E-state index is -4.29. The Hall–Kier alpha value is -3.64. The molecule has 0 saturated carbocycles. The number of hydrogen-bond donors (Lipinski definition) is 0. The normalized spacial score (nSPS) is 16.7. The Morgan fingerprint density at radius 3 is 2.23 bits per heavy atom. The summed E-state index contributed by atoms with van der Waals surface area (Å²) in [4.78, 5) is 12.7. The summed E-state index contributed by atoms with van der Waals surface area (Å²) >= 11 is 0. The molecule has 0 spiro atoms. The summed E-state index contributed by atoms with van der Waals surface area (Å²) in [5.41, 5.74) is 2.41. The van der Waals surface area contributed by atoms with Gasteiger partial charge in [0.05, 0.1) is 5.56 Å². The first-order valence-electron chi connectivity index (χ1n) is 14.0. The third-order valence-electron chi connectivity index (χ3n) is 7.44. The number of carbonyl (C=O) groups is 1. The number of benzene rings is 4. The highest BCUT2D eigenvalue weighted by molar-refractivity contribution is 5.86. The maximum Gasteiger partial charge on any atom is 0.416 e. The number of aryl methyl sites for hydroxylation is 2. The van der Waals surface area contributed by atoms with Crippen LogP contribution < -0.4 is 4.74 Å². The largest absolute Gasteiger partial charge is 0.425 e. The molecule has 0 radical (unpaired) electrons. The van der Waals surface area contributed by atoms with Gasteiger partial charge in [0.15, 0.2) is 6.10 Å². The molecule has 0 amide bonds. The molecule has 1 heterocycles. The summed E-state index contributed by atoms with van der Waals surface area (Å²) in [5, 5.41) is 2.11. The zero-order valence-corrected chi connectivity index (χ0v) is 22.3. The van der Waals surface area contributed by atoms with Crippen molar-refractivity contribution in [2.24, 2.45) is 0 Å². The van der Waals surface area contributed by atoms with Crippen LogP contribution in [0, 0.1) is 0 Å². The van der Waals surface area contributed by atoms with Crippen LogP contribution in [-0.2, 0) is 28.5 Å². The summed E-state index contributed by atoms with van der Waals surface area (Å²) < 4.78 is 50.0. The monoisotopic (exact) mass is 546 g/mol. The summed E-state index contributed by atoms with van der Waals surface area (Å²) in [6.07, 6.45) is 2.58. The SMILES string of the molecule is O=C(Oc1ccc2ccccc2c1)[C@@H]1O[C@H]1c1ccccc1CCCCCCCCc1cccc(C(F)(F)F)c1. The van der Waals surface area contributed by atoms with Gasteiger partial charge in [-0.15, -0.1) is 0 Å². The van der Waals surface area contributed by atoms with E-state index in [-0.39, 0.29) is 12.1 Å². The van der Waals surface area contributed by atoms with Crippen molar-refractivity contribution in [3.63, 3.8) is 0 Å². The number of esters is 1. The van der Waals surface area contributed by atoms with Gasteiger partial charge >= 0.3 is 12.1 Å². The maximum absolute atomic E-state index is 12.9. The molecule has 0 aliphatic carbocycles. The number of ether oxygens (including phenoxy) is 2. The van der Waals surface area contributed by atoms with Gasteiger partial charge in [-0.05, 0) is 71.3 Å². The lowest BCUT2D eigenvalue weighted by atomic mass is 9.97. The van der Waals surface area contributed by atoms with E-state index in [0.717, 1.165) is 72.9 Å². The Morgan fingerprint density at radius 1 is 0.725 bits per heavy atom. The quantitative estimate of drug-likeness (QED) is 0.0770. The van der Waals surface area contributed by atoms with E-state index in [4.69, 9.17) is 9.47 Å². The van der Waals surface area contributed by atoms with Crippen LogP contribution >= 0.6 is 0 Å². The second kappa shape index (κ2) is 12.7. The number of carbonyl (C=O) groups excluding carboxylic acids is 1. The van der Waals surface area contributed by atoms with Crippen molar-refractivity contribution in [3.8, 4) is 5.75 Å². The highest BCUT2D eigenvalue weighted by atomic mass is 19.4. The van der Waals surface area contributed by atoms with E-state index in [1.807, 2.05) is 54.6 Å². The molecule has 0 N–H and O–H groups in total. The summed E-state index contributed by atoms with van der Waals surface area (Å²) in [7, 11) is 0. The Kier molecular flexibility index (Phi) is 8.85. The zero-order chi connectivity index (χ0) is 28.0. The maximum atomic E-state index is 12.9. The van der Waals surface area contributed by atoms with E-state index in [1.165, 1.54) is 17.7 Å². The number of hydrogen-bond acceptors (Lipinski definition) is 3. The lowest BCUT2D eigenvalue weighted by Crippen LogP contribution is -2.15. The van der Waals surface area contributed by atoms with E-state index < -0.39 is 17.8 Å². The van der Waals surface area contributed by atoms with Gasteiger partial charge in [-0.25, -0.2) is 4.79 Å². The van der Waals surface area contributed by atoms with Crippen LogP contribution in [0.25, 0.3) is 10.8 Å². The van der Waals surface area contributed by atoms with Crippen LogP contribution in [0.15, 0.2) is 91.0 Å². The summed E-state index contributed by atoms with van der Waals surface area (Å²) in [6.45, 7) is 0. The summed E-state index contributed by atoms with van der Waals surface area (Å²) in [5.74, 6) is 0.140. The van der Waals surface area contributed by atoms with E-state index >= 15 is 0 Å². The first-order valence-corrected chi connectivity index (χ1v) is 14.0. The molecule has 4 aromatic carbocycles. The zero-order valence-electron chi connectivity index (χ0n) is 22.3. The summed E-state index contributed by atoms with van der Waals surface area (Å²) in [6, 6.07) is 27.3. The van der Waals surface area contributed by atoms with Crippen LogP contribution in [0.2, 0.25) is 0 Å².